The minimum Gasteiger partial charge on any atom is -0.478 e. The Kier molecular flexibility index (Phi) is 14.6. The molecular weight excluding hydrogens is 272 g/mol. The molecule has 0 rings (SSSR count). The summed E-state index contributed by atoms with van der Waals surface area (Å²) in [6.45, 7) is 6.42. The fraction of sp³-hybridized carbons (Fsp3) is 0.850. The van der Waals surface area contributed by atoms with E-state index in [-0.39, 0.29) is 0 Å². The Morgan fingerprint density at radius 1 is 0.818 bits per heavy atom. The van der Waals surface area contributed by atoms with E-state index in [9.17, 15) is 9.90 Å². The molecule has 0 unspecified atom stereocenters. The van der Waals surface area contributed by atoms with Gasteiger partial charge in [-0.1, -0.05) is 91.1 Å². The fourth-order valence-electron chi connectivity index (χ4n) is 2.96. The van der Waals surface area contributed by atoms with Crippen LogP contribution in [0.25, 0.3) is 0 Å². The first-order chi connectivity index (χ1) is 10.7. The maximum Gasteiger partial charge on any atom is 0.331 e. The van der Waals surface area contributed by atoms with Crippen LogP contribution in [0.2, 0.25) is 0 Å². The van der Waals surface area contributed by atoms with Gasteiger partial charge in [0.15, 0.2) is 0 Å². The largest absolute Gasteiger partial charge is 0.478 e. The molecule has 22 heavy (non-hydrogen) atoms. The predicted octanol–water partition coefficient (Wildman–Crippen LogP) is 6.74. The minimum atomic E-state index is -0.732. The highest BCUT2D eigenvalue weighted by Crippen LogP contribution is 2.22. The van der Waals surface area contributed by atoms with Crippen LogP contribution < -0.4 is 0 Å². The standard InChI is InChI=1S/C20H38O2/c1-4-7-9-11-13-15-18(16-14-12-10-8-5-2)17-19(6-3)20(21)22/h17-18H,4-16H2,1-3H3,(H,21,22)/b19-17+. The Balaban J connectivity index is 4.27. The number of unbranched alkanes of at least 4 members (excludes halogenated alkanes) is 8. The van der Waals surface area contributed by atoms with E-state index in [1.807, 2.05) is 6.92 Å². The Morgan fingerprint density at radius 3 is 1.64 bits per heavy atom. The number of hydrogen-bond acceptors (Lipinski definition) is 1. The van der Waals surface area contributed by atoms with Gasteiger partial charge in [0.2, 0.25) is 0 Å². The highest BCUT2D eigenvalue weighted by Gasteiger charge is 2.11. The second kappa shape index (κ2) is 15.1. The van der Waals surface area contributed by atoms with Crippen LogP contribution in [-0.2, 0) is 4.79 Å². The van der Waals surface area contributed by atoms with Crippen LogP contribution in [0.3, 0.4) is 0 Å². The molecule has 0 aromatic rings. The average Bonchev–Trinajstić information content (AvgIpc) is 2.50. The molecule has 0 aliphatic heterocycles. The normalized spacial score (nSPS) is 12.1. The zero-order chi connectivity index (χ0) is 16.6. The summed E-state index contributed by atoms with van der Waals surface area (Å²) in [5.41, 5.74) is 0.604. The summed E-state index contributed by atoms with van der Waals surface area (Å²) in [6, 6.07) is 0. The summed E-state index contributed by atoms with van der Waals surface area (Å²) in [4.78, 5) is 11.2. The van der Waals surface area contributed by atoms with Crippen LogP contribution in [0, 0.1) is 5.92 Å². The van der Waals surface area contributed by atoms with E-state index < -0.39 is 5.97 Å². The van der Waals surface area contributed by atoms with Crippen LogP contribution in [0.4, 0.5) is 0 Å². The lowest BCUT2D eigenvalue weighted by molar-refractivity contribution is -0.132. The van der Waals surface area contributed by atoms with Crippen molar-refractivity contribution in [2.45, 2.75) is 104 Å². The smallest absolute Gasteiger partial charge is 0.331 e. The van der Waals surface area contributed by atoms with E-state index in [0.29, 0.717) is 17.9 Å². The van der Waals surface area contributed by atoms with Crippen LogP contribution in [-0.4, -0.2) is 11.1 Å². The number of rotatable bonds is 15. The lowest BCUT2D eigenvalue weighted by atomic mass is 9.92. The monoisotopic (exact) mass is 310 g/mol. The van der Waals surface area contributed by atoms with Gasteiger partial charge in [-0.15, -0.1) is 0 Å². The number of carboxylic acid groups (broad SMARTS) is 1. The van der Waals surface area contributed by atoms with Gasteiger partial charge in [0.05, 0.1) is 0 Å². The first kappa shape index (κ1) is 21.2. The average molecular weight is 311 g/mol. The van der Waals surface area contributed by atoms with Crippen molar-refractivity contribution >= 4 is 5.97 Å². The van der Waals surface area contributed by atoms with E-state index >= 15 is 0 Å². The molecule has 0 aromatic heterocycles. The molecule has 0 saturated carbocycles. The summed E-state index contributed by atoms with van der Waals surface area (Å²) >= 11 is 0. The Bertz CT molecular complexity index is 280. The molecule has 0 radical (unpaired) electrons. The van der Waals surface area contributed by atoms with E-state index in [4.69, 9.17) is 0 Å². The Hall–Kier alpha value is -0.790. The van der Waals surface area contributed by atoms with Crippen molar-refractivity contribution in [3.05, 3.63) is 11.6 Å². The Morgan fingerprint density at radius 2 is 1.27 bits per heavy atom. The number of aliphatic carboxylic acids is 1. The number of carboxylic acids is 1. The van der Waals surface area contributed by atoms with Crippen molar-refractivity contribution in [1.82, 2.24) is 0 Å². The third-order valence-corrected chi connectivity index (χ3v) is 4.45. The van der Waals surface area contributed by atoms with Crippen molar-refractivity contribution in [3.63, 3.8) is 0 Å². The molecule has 130 valence electrons. The van der Waals surface area contributed by atoms with Gasteiger partial charge in [0.25, 0.3) is 0 Å². The van der Waals surface area contributed by atoms with E-state index in [1.54, 1.807) is 0 Å². The summed E-state index contributed by atoms with van der Waals surface area (Å²) in [6.07, 6.45) is 17.9. The van der Waals surface area contributed by atoms with Crippen LogP contribution in [0.5, 0.6) is 0 Å². The van der Waals surface area contributed by atoms with Crippen LogP contribution >= 0.6 is 0 Å². The molecule has 2 nitrogen and oxygen atoms in total. The second-order valence-electron chi connectivity index (χ2n) is 6.52. The van der Waals surface area contributed by atoms with Crippen molar-refractivity contribution < 1.29 is 9.90 Å². The van der Waals surface area contributed by atoms with Gasteiger partial charge >= 0.3 is 5.97 Å². The van der Waals surface area contributed by atoms with Gasteiger partial charge in [0, 0.05) is 5.57 Å². The minimum absolute atomic E-state index is 0.467. The van der Waals surface area contributed by atoms with Crippen molar-refractivity contribution in [2.24, 2.45) is 5.92 Å². The van der Waals surface area contributed by atoms with Crippen LogP contribution in [0.15, 0.2) is 11.6 Å². The topological polar surface area (TPSA) is 37.3 Å². The molecule has 0 aliphatic carbocycles. The molecule has 0 aliphatic rings. The van der Waals surface area contributed by atoms with Crippen molar-refractivity contribution in [1.29, 1.82) is 0 Å². The zero-order valence-electron chi connectivity index (χ0n) is 15.2. The van der Waals surface area contributed by atoms with Crippen molar-refractivity contribution in [3.8, 4) is 0 Å². The number of allylic oxidation sites excluding steroid dienone is 1. The molecule has 0 saturated heterocycles. The molecule has 1 N–H and O–H groups in total. The van der Waals surface area contributed by atoms with E-state index in [1.165, 1.54) is 64.2 Å². The third-order valence-electron chi connectivity index (χ3n) is 4.45. The van der Waals surface area contributed by atoms with Crippen LogP contribution in [0.1, 0.15) is 104 Å². The summed E-state index contributed by atoms with van der Waals surface area (Å²) in [5.74, 6) is -0.265. The van der Waals surface area contributed by atoms with E-state index in [0.717, 1.165) is 12.8 Å². The molecule has 0 bridgehead atoms. The molecular formula is C20H38O2. The van der Waals surface area contributed by atoms with Gasteiger partial charge in [-0.3, -0.25) is 0 Å². The zero-order valence-corrected chi connectivity index (χ0v) is 15.2. The molecule has 0 heterocycles. The molecule has 2 heteroatoms. The first-order valence-corrected chi connectivity index (χ1v) is 9.59. The molecule has 0 spiro atoms. The lowest BCUT2D eigenvalue weighted by Crippen LogP contribution is -2.05. The number of hydrogen-bond donors (Lipinski definition) is 1. The highest BCUT2D eigenvalue weighted by atomic mass is 16.4. The van der Waals surface area contributed by atoms with Gasteiger partial charge in [-0.2, -0.15) is 0 Å². The number of carbonyl (C=O) groups is 1. The summed E-state index contributed by atoms with van der Waals surface area (Å²) in [7, 11) is 0. The second-order valence-corrected chi connectivity index (χ2v) is 6.52. The SMILES string of the molecule is CCCCCCCC(/C=C(\CC)C(=O)O)CCCCCCC. The van der Waals surface area contributed by atoms with Gasteiger partial charge < -0.3 is 5.11 Å². The molecule has 0 atom stereocenters. The molecule has 0 fully saturated rings. The Labute approximate surface area is 138 Å². The van der Waals surface area contributed by atoms with Gasteiger partial charge in [-0.25, -0.2) is 4.79 Å². The molecule has 0 aromatic carbocycles. The lowest BCUT2D eigenvalue weighted by Gasteiger charge is -2.14. The predicted molar refractivity (Wildman–Crippen MR) is 96.3 cm³/mol. The maximum absolute atomic E-state index is 11.2. The van der Waals surface area contributed by atoms with Crippen molar-refractivity contribution in [2.75, 3.05) is 0 Å². The summed E-state index contributed by atoms with van der Waals surface area (Å²) in [5, 5.41) is 9.24. The van der Waals surface area contributed by atoms with Gasteiger partial charge in [0.1, 0.15) is 0 Å². The van der Waals surface area contributed by atoms with Gasteiger partial charge in [-0.05, 0) is 25.2 Å². The first-order valence-electron chi connectivity index (χ1n) is 9.59. The fourth-order valence-corrected chi connectivity index (χ4v) is 2.96. The summed E-state index contributed by atoms with van der Waals surface area (Å²) < 4.78 is 0. The third kappa shape index (κ3) is 11.8. The van der Waals surface area contributed by atoms with E-state index in [2.05, 4.69) is 19.9 Å². The quantitative estimate of drug-likeness (QED) is 0.268. The maximum atomic E-state index is 11.2. The molecule has 0 amide bonds. The highest BCUT2D eigenvalue weighted by molar-refractivity contribution is 5.86.